The molecule has 1 N–H and O–H groups in total. The number of para-hydroxylation sites is 2. The zero-order valence-corrected chi connectivity index (χ0v) is 18.2. The minimum atomic E-state index is -0.353. The first kappa shape index (κ1) is 20.3. The Labute approximate surface area is 189 Å². The molecule has 0 spiro atoms. The van der Waals surface area contributed by atoms with Gasteiger partial charge in [-0.25, -0.2) is 0 Å². The summed E-state index contributed by atoms with van der Waals surface area (Å²) in [6.07, 6.45) is 3.46. The van der Waals surface area contributed by atoms with Crippen LogP contribution in [0.3, 0.4) is 0 Å². The molecule has 3 heterocycles. The number of aliphatic imine (C=N–C) groups is 1. The summed E-state index contributed by atoms with van der Waals surface area (Å²) in [5, 5.41) is 10.7. The number of amides is 1. The molecule has 0 radical (unpaired) electrons. The Balaban J connectivity index is 1.28. The van der Waals surface area contributed by atoms with Crippen molar-refractivity contribution in [1.29, 1.82) is 0 Å². The van der Waals surface area contributed by atoms with E-state index in [1.807, 2.05) is 42.5 Å². The first-order chi connectivity index (χ1) is 15.6. The molecule has 1 amide bonds. The Morgan fingerprint density at radius 3 is 2.53 bits per heavy atom. The van der Waals surface area contributed by atoms with E-state index < -0.39 is 0 Å². The Morgan fingerprint density at radius 1 is 1.03 bits per heavy atom. The molecule has 2 aliphatic heterocycles. The Morgan fingerprint density at radius 2 is 1.75 bits per heavy atom. The largest absolute Gasteiger partial charge is 0.493 e. The normalized spacial score (nSPS) is 16.6. The zero-order chi connectivity index (χ0) is 22.1. The van der Waals surface area contributed by atoms with Gasteiger partial charge in [-0.3, -0.25) is 19.1 Å². The number of thiazole rings is 1. The monoisotopic (exact) mass is 446 g/mol. The van der Waals surface area contributed by atoms with Crippen LogP contribution in [0.1, 0.15) is 10.4 Å². The number of benzene rings is 2. The number of anilines is 1. The summed E-state index contributed by atoms with van der Waals surface area (Å²) in [5.74, 6) is -0.346. The Hall–Kier alpha value is -3.65. The van der Waals surface area contributed by atoms with E-state index in [9.17, 15) is 14.7 Å². The van der Waals surface area contributed by atoms with Crippen LogP contribution in [0.15, 0.2) is 64.4 Å². The lowest BCUT2D eigenvalue weighted by Gasteiger charge is -2.36. The van der Waals surface area contributed by atoms with Gasteiger partial charge in [0.2, 0.25) is 11.8 Å². The van der Waals surface area contributed by atoms with E-state index in [4.69, 9.17) is 0 Å². The molecule has 162 valence electrons. The summed E-state index contributed by atoms with van der Waals surface area (Å²) in [7, 11) is 0. The van der Waals surface area contributed by atoms with Crippen LogP contribution < -0.4 is 9.77 Å². The van der Waals surface area contributed by atoms with Crippen molar-refractivity contribution in [2.75, 3.05) is 31.1 Å². The lowest BCUT2D eigenvalue weighted by atomic mass is 10.1. The molecule has 1 aromatic heterocycles. The second kappa shape index (κ2) is 8.47. The maximum absolute atomic E-state index is 12.8. The van der Waals surface area contributed by atoms with Crippen LogP contribution in [0.25, 0.3) is 11.6 Å². The molecule has 32 heavy (non-hydrogen) atoms. The smallest absolute Gasteiger partial charge is 0.311 e. The van der Waals surface area contributed by atoms with E-state index in [1.54, 1.807) is 17.2 Å². The lowest BCUT2D eigenvalue weighted by molar-refractivity contribution is -0.132. The van der Waals surface area contributed by atoms with Gasteiger partial charge >= 0.3 is 4.87 Å². The maximum Gasteiger partial charge on any atom is 0.311 e. The van der Waals surface area contributed by atoms with Crippen molar-refractivity contribution in [3.8, 4) is 5.88 Å². The van der Waals surface area contributed by atoms with E-state index in [-0.39, 0.29) is 23.2 Å². The van der Waals surface area contributed by atoms with Gasteiger partial charge in [-0.1, -0.05) is 47.7 Å². The van der Waals surface area contributed by atoms with Crippen molar-refractivity contribution in [3.63, 3.8) is 0 Å². The average Bonchev–Trinajstić information content (AvgIpc) is 3.36. The quantitative estimate of drug-likeness (QED) is 0.668. The number of allylic oxidation sites excluding steroid dienone is 1. The molecule has 2 aromatic carbocycles. The summed E-state index contributed by atoms with van der Waals surface area (Å²) < 4.78 is 1.15. The number of hydrogen-bond donors (Lipinski definition) is 1. The first-order valence-corrected chi connectivity index (χ1v) is 11.3. The molecule has 0 bridgehead atoms. The second-order valence-corrected chi connectivity index (χ2v) is 8.71. The molecule has 0 atom stereocenters. The van der Waals surface area contributed by atoms with E-state index in [0.717, 1.165) is 51.5 Å². The van der Waals surface area contributed by atoms with Crippen LogP contribution in [-0.2, 0) is 11.3 Å². The number of hydrogen-bond acceptors (Lipinski definition) is 6. The fourth-order valence-electron chi connectivity index (χ4n) is 4.03. The van der Waals surface area contributed by atoms with Crippen molar-refractivity contribution in [3.05, 3.63) is 74.7 Å². The molecular weight excluding hydrogens is 424 g/mol. The summed E-state index contributed by atoms with van der Waals surface area (Å²) >= 11 is 0.929. The van der Waals surface area contributed by atoms with Crippen molar-refractivity contribution in [2.24, 2.45) is 4.99 Å². The van der Waals surface area contributed by atoms with Crippen molar-refractivity contribution < 1.29 is 9.90 Å². The fourth-order valence-corrected chi connectivity index (χ4v) is 4.87. The predicted octanol–water partition coefficient (Wildman–Crippen LogP) is 3.22. The van der Waals surface area contributed by atoms with E-state index in [2.05, 4.69) is 22.0 Å². The highest BCUT2D eigenvalue weighted by Crippen LogP contribution is 2.34. The third-order valence-corrected chi connectivity index (χ3v) is 6.70. The number of aromatic nitrogens is 1. The summed E-state index contributed by atoms with van der Waals surface area (Å²) in [4.78, 5) is 33.8. The van der Waals surface area contributed by atoms with Crippen LogP contribution in [0.2, 0.25) is 0 Å². The van der Waals surface area contributed by atoms with Gasteiger partial charge in [-0.15, -0.1) is 0 Å². The molecule has 1 fully saturated rings. The highest BCUT2D eigenvalue weighted by atomic mass is 32.1. The molecule has 0 aliphatic carbocycles. The zero-order valence-electron chi connectivity index (χ0n) is 17.3. The van der Waals surface area contributed by atoms with Gasteiger partial charge in [0.15, 0.2) is 0 Å². The van der Waals surface area contributed by atoms with Crippen molar-refractivity contribution in [1.82, 2.24) is 9.47 Å². The van der Waals surface area contributed by atoms with Crippen LogP contribution >= 0.6 is 11.3 Å². The van der Waals surface area contributed by atoms with E-state index in [1.165, 1.54) is 0 Å². The molecule has 0 unspecified atom stereocenters. The van der Waals surface area contributed by atoms with Crippen LogP contribution in [0.5, 0.6) is 5.88 Å². The average molecular weight is 447 g/mol. The summed E-state index contributed by atoms with van der Waals surface area (Å²) in [5.41, 5.74) is 3.77. The third kappa shape index (κ3) is 3.85. The molecule has 3 aromatic rings. The third-order valence-electron chi connectivity index (χ3n) is 5.79. The molecule has 8 heteroatoms. The van der Waals surface area contributed by atoms with Gasteiger partial charge in [0.25, 0.3) is 0 Å². The lowest BCUT2D eigenvalue weighted by Crippen LogP contribution is -2.49. The highest BCUT2D eigenvalue weighted by molar-refractivity contribution is 7.10. The van der Waals surface area contributed by atoms with Gasteiger partial charge in [0, 0.05) is 49.2 Å². The van der Waals surface area contributed by atoms with Crippen LogP contribution in [-0.4, -0.2) is 52.9 Å². The van der Waals surface area contributed by atoms with E-state index in [0.29, 0.717) is 18.0 Å². The number of aromatic hydroxyl groups is 1. The van der Waals surface area contributed by atoms with Crippen LogP contribution in [0.4, 0.5) is 11.4 Å². The first-order valence-electron chi connectivity index (χ1n) is 10.5. The molecule has 2 aliphatic rings. The van der Waals surface area contributed by atoms with Gasteiger partial charge in [-0.2, -0.15) is 0 Å². The predicted molar refractivity (Wildman–Crippen MR) is 128 cm³/mol. The standard InChI is InChI=1S/C24H22N4O3S/c29-22(27-12-10-26(11-13-27)18-6-2-1-3-7-18)16-28-23(30)21(32-24(28)31)14-17-15-25-20-9-5-4-8-19(17)20/h1-9,14-15,30H,10-13,16H2/b17-14+. The van der Waals surface area contributed by atoms with Crippen molar-refractivity contribution >= 4 is 46.5 Å². The highest BCUT2D eigenvalue weighted by Gasteiger charge is 2.24. The number of fused-ring (bicyclic) bond motifs is 1. The SMILES string of the molecule is O=C(Cn1c(O)c(/C=C2\C=Nc3ccccc32)sc1=O)N1CCN(c2ccccc2)CC1. The van der Waals surface area contributed by atoms with Gasteiger partial charge in [-0.05, 0) is 24.3 Å². The minimum Gasteiger partial charge on any atom is -0.493 e. The Kier molecular flexibility index (Phi) is 5.36. The summed E-state index contributed by atoms with van der Waals surface area (Å²) in [6, 6.07) is 17.8. The number of carbonyl (C=O) groups is 1. The second-order valence-electron chi connectivity index (χ2n) is 7.72. The van der Waals surface area contributed by atoms with Gasteiger partial charge in [0.05, 0.1) is 10.6 Å². The Bertz CT molecular complexity index is 1270. The van der Waals surface area contributed by atoms with Crippen LogP contribution in [0, 0.1) is 0 Å². The number of nitrogens with zero attached hydrogens (tertiary/aromatic N) is 4. The maximum atomic E-state index is 12.8. The van der Waals surface area contributed by atoms with Gasteiger partial charge < -0.3 is 14.9 Å². The number of carbonyl (C=O) groups excluding carboxylic acids is 1. The van der Waals surface area contributed by atoms with Gasteiger partial charge in [0.1, 0.15) is 6.54 Å². The minimum absolute atomic E-state index is 0.166. The molecular formula is C24H22N4O3S. The molecule has 0 saturated carbocycles. The fraction of sp³-hybridized carbons (Fsp3) is 0.208. The molecule has 1 saturated heterocycles. The number of rotatable bonds is 4. The van der Waals surface area contributed by atoms with E-state index >= 15 is 0 Å². The topological polar surface area (TPSA) is 78.1 Å². The summed E-state index contributed by atoms with van der Waals surface area (Å²) in [6.45, 7) is 2.46. The molecule has 7 nitrogen and oxygen atoms in total. The van der Waals surface area contributed by atoms with Crippen molar-refractivity contribution in [2.45, 2.75) is 6.54 Å². The number of piperazine rings is 1. The molecule has 5 rings (SSSR count).